The van der Waals surface area contributed by atoms with E-state index in [0.29, 0.717) is 0 Å². The Morgan fingerprint density at radius 2 is 2.00 bits per heavy atom. The fourth-order valence-corrected chi connectivity index (χ4v) is 1.43. The van der Waals surface area contributed by atoms with Crippen LogP contribution in [0.25, 0.3) is 0 Å². The van der Waals surface area contributed by atoms with Gasteiger partial charge >= 0.3 is 5.97 Å². The van der Waals surface area contributed by atoms with Crippen molar-refractivity contribution in [1.82, 2.24) is 9.88 Å². The highest BCUT2D eigenvalue weighted by atomic mass is 16.4. The average molecular weight is 252 g/mol. The second kappa shape index (κ2) is 5.48. The maximum absolute atomic E-state index is 11.8. The molecule has 0 aliphatic carbocycles. The minimum Gasteiger partial charge on any atom is -0.480 e. The molecule has 0 bridgehead atoms. The molecule has 1 heterocycles. The van der Waals surface area contributed by atoms with Gasteiger partial charge < -0.3 is 15.0 Å². The number of nitrogens with one attached hydrogen (secondary N) is 1. The van der Waals surface area contributed by atoms with Gasteiger partial charge in [0.1, 0.15) is 6.04 Å². The molecule has 1 aromatic rings. The first-order valence-electron chi connectivity index (χ1n) is 5.53. The Balaban J connectivity index is 2.91. The molecule has 0 aromatic carbocycles. The first-order chi connectivity index (χ1) is 8.32. The Kier molecular flexibility index (Phi) is 4.25. The molecular formula is C12H16N2O4. The van der Waals surface area contributed by atoms with E-state index in [1.165, 1.54) is 22.9 Å². The minimum atomic E-state index is -1.10. The number of aryl methyl sites for hydroxylation is 1. The van der Waals surface area contributed by atoms with Gasteiger partial charge in [0.05, 0.1) is 0 Å². The molecule has 0 saturated carbocycles. The zero-order valence-electron chi connectivity index (χ0n) is 10.5. The van der Waals surface area contributed by atoms with Crippen molar-refractivity contribution in [1.29, 1.82) is 0 Å². The molecule has 0 unspecified atom stereocenters. The standard InChI is InChI=1S/C12H16N2O4/c1-7(2)10(12(17)18)13-11(16)8-4-5-14(3)9(15)6-8/h4-7,10H,1-3H3,(H,13,16)(H,17,18)/t10-/m0/s1. The van der Waals surface area contributed by atoms with Crippen molar-refractivity contribution in [2.24, 2.45) is 13.0 Å². The Morgan fingerprint density at radius 3 is 2.44 bits per heavy atom. The summed E-state index contributed by atoms with van der Waals surface area (Å²) in [5, 5.41) is 11.3. The zero-order chi connectivity index (χ0) is 13.9. The second-order valence-corrected chi connectivity index (χ2v) is 4.40. The Bertz CT molecular complexity index is 519. The molecule has 18 heavy (non-hydrogen) atoms. The third-order valence-corrected chi connectivity index (χ3v) is 2.59. The van der Waals surface area contributed by atoms with E-state index in [-0.39, 0.29) is 17.0 Å². The second-order valence-electron chi connectivity index (χ2n) is 4.40. The number of amides is 1. The van der Waals surface area contributed by atoms with Gasteiger partial charge in [-0.15, -0.1) is 0 Å². The van der Waals surface area contributed by atoms with Gasteiger partial charge in [-0.05, 0) is 12.0 Å². The molecule has 0 fully saturated rings. The van der Waals surface area contributed by atoms with Crippen LogP contribution in [-0.4, -0.2) is 27.6 Å². The number of hydrogen-bond acceptors (Lipinski definition) is 3. The summed E-state index contributed by atoms with van der Waals surface area (Å²) in [7, 11) is 1.57. The van der Waals surface area contributed by atoms with Crippen LogP contribution in [0.3, 0.4) is 0 Å². The van der Waals surface area contributed by atoms with Crippen molar-refractivity contribution in [3.05, 3.63) is 34.2 Å². The van der Waals surface area contributed by atoms with Gasteiger partial charge in [-0.2, -0.15) is 0 Å². The van der Waals surface area contributed by atoms with Gasteiger partial charge in [0.15, 0.2) is 0 Å². The third kappa shape index (κ3) is 3.19. The fraction of sp³-hybridized carbons (Fsp3) is 0.417. The number of aromatic nitrogens is 1. The first-order valence-corrected chi connectivity index (χ1v) is 5.53. The van der Waals surface area contributed by atoms with Crippen molar-refractivity contribution in [3.63, 3.8) is 0 Å². The van der Waals surface area contributed by atoms with Crippen molar-refractivity contribution in [2.45, 2.75) is 19.9 Å². The van der Waals surface area contributed by atoms with E-state index in [0.717, 1.165) is 0 Å². The molecule has 6 heteroatoms. The van der Waals surface area contributed by atoms with Crippen molar-refractivity contribution in [2.75, 3.05) is 0 Å². The summed E-state index contributed by atoms with van der Waals surface area (Å²) in [6.45, 7) is 3.40. The molecule has 0 saturated heterocycles. The molecule has 2 N–H and O–H groups in total. The fourth-order valence-electron chi connectivity index (χ4n) is 1.43. The molecule has 1 amide bonds. The number of carboxylic acids is 1. The van der Waals surface area contributed by atoms with Crippen LogP contribution in [0.5, 0.6) is 0 Å². The van der Waals surface area contributed by atoms with Crippen molar-refractivity contribution < 1.29 is 14.7 Å². The van der Waals surface area contributed by atoms with Gasteiger partial charge in [0.25, 0.3) is 11.5 Å². The quantitative estimate of drug-likeness (QED) is 0.802. The average Bonchev–Trinajstić information content (AvgIpc) is 2.28. The number of hydrogen-bond donors (Lipinski definition) is 2. The van der Waals surface area contributed by atoms with Crippen LogP contribution in [0.1, 0.15) is 24.2 Å². The minimum absolute atomic E-state index is 0.157. The van der Waals surface area contributed by atoms with Crippen molar-refractivity contribution >= 4 is 11.9 Å². The lowest BCUT2D eigenvalue weighted by molar-refractivity contribution is -0.140. The van der Waals surface area contributed by atoms with E-state index in [2.05, 4.69) is 5.32 Å². The summed E-state index contributed by atoms with van der Waals surface area (Å²) in [4.78, 5) is 34.1. The number of carbonyl (C=O) groups excluding carboxylic acids is 1. The topological polar surface area (TPSA) is 88.4 Å². The Hall–Kier alpha value is -2.11. The van der Waals surface area contributed by atoms with Gasteiger partial charge in [-0.1, -0.05) is 13.8 Å². The summed E-state index contributed by atoms with van der Waals surface area (Å²) in [6.07, 6.45) is 1.46. The first kappa shape index (κ1) is 14.0. The summed E-state index contributed by atoms with van der Waals surface area (Å²) in [5.74, 6) is -1.89. The van der Waals surface area contributed by atoms with Crippen LogP contribution >= 0.6 is 0 Å². The highest BCUT2D eigenvalue weighted by molar-refractivity contribution is 5.96. The maximum atomic E-state index is 11.8. The van der Waals surface area contributed by atoms with Gasteiger partial charge in [-0.3, -0.25) is 9.59 Å². The molecule has 98 valence electrons. The number of rotatable bonds is 4. The zero-order valence-corrected chi connectivity index (χ0v) is 10.5. The highest BCUT2D eigenvalue weighted by Crippen LogP contribution is 2.04. The highest BCUT2D eigenvalue weighted by Gasteiger charge is 2.23. The third-order valence-electron chi connectivity index (χ3n) is 2.59. The molecule has 1 atom stereocenters. The van der Waals surface area contributed by atoms with Crippen LogP contribution < -0.4 is 10.9 Å². The van der Waals surface area contributed by atoms with Crippen LogP contribution in [-0.2, 0) is 11.8 Å². The molecule has 0 aliphatic heterocycles. The molecule has 1 rings (SSSR count). The molecule has 0 spiro atoms. The number of aliphatic carboxylic acids is 1. The summed E-state index contributed by atoms with van der Waals surface area (Å²) in [6, 6.07) is 1.67. The Labute approximate surface area is 104 Å². The lowest BCUT2D eigenvalue weighted by atomic mass is 10.0. The summed E-state index contributed by atoms with van der Waals surface area (Å²) >= 11 is 0. The number of carbonyl (C=O) groups is 2. The molecule has 1 aromatic heterocycles. The van der Waals surface area contributed by atoms with E-state index in [9.17, 15) is 14.4 Å². The van der Waals surface area contributed by atoms with E-state index in [1.807, 2.05) is 0 Å². The van der Waals surface area contributed by atoms with Crippen LogP contribution in [0, 0.1) is 5.92 Å². The van der Waals surface area contributed by atoms with E-state index < -0.39 is 17.9 Å². The largest absolute Gasteiger partial charge is 0.480 e. The molecular weight excluding hydrogens is 236 g/mol. The number of pyridine rings is 1. The molecule has 0 radical (unpaired) electrons. The van der Waals surface area contributed by atoms with Crippen LogP contribution in [0.2, 0.25) is 0 Å². The van der Waals surface area contributed by atoms with Crippen LogP contribution in [0.4, 0.5) is 0 Å². The maximum Gasteiger partial charge on any atom is 0.326 e. The number of nitrogens with zero attached hydrogens (tertiary/aromatic N) is 1. The lowest BCUT2D eigenvalue weighted by Gasteiger charge is -2.17. The van der Waals surface area contributed by atoms with E-state index >= 15 is 0 Å². The predicted octanol–water partition coefficient (Wildman–Crippen LogP) is 0.224. The van der Waals surface area contributed by atoms with E-state index in [1.54, 1.807) is 20.9 Å². The van der Waals surface area contributed by atoms with Gasteiger partial charge in [-0.25, -0.2) is 4.79 Å². The smallest absolute Gasteiger partial charge is 0.326 e. The van der Waals surface area contributed by atoms with E-state index in [4.69, 9.17) is 5.11 Å². The van der Waals surface area contributed by atoms with Crippen molar-refractivity contribution in [3.8, 4) is 0 Å². The molecule has 6 nitrogen and oxygen atoms in total. The summed E-state index contributed by atoms with van der Waals surface area (Å²) in [5.41, 5.74) is -0.163. The summed E-state index contributed by atoms with van der Waals surface area (Å²) < 4.78 is 1.33. The lowest BCUT2D eigenvalue weighted by Crippen LogP contribution is -2.44. The van der Waals surface area contributed by atoms with Gasteiger partial charge in [0.2, 0.25) is 0 Å². The monoisotopic (exact) mass is 252 g/mol. The molecule has 0 aliphatic rings. The van der Waals surface area contributed by atoms with Gasteiger partial charge in [0, 0.05) is 24.9 Å². The number of carboxylic acid groups (broad SMARTS) is 1. The Morgan fingerprint density at radius 1 is 1.39 bits per heavy atom. The normalized spacial score (nSPS) is 12.2. The van der Waals surface area contributed by atoms with Crippen LogP contribution in [0.15, 0.2) is 23.1 Å². The predicted molar refractivity (Wildman–Crippen MR) is 65.4 cm³/mol. The SMILES string of the molecule is CC(C)[C@H](NC(=O)c1ccn(C)c(=O)c1)C(=O)O.